The molecule has 1 aliphatic rings. The molecule has 1 aliphatic heterocycles. The molecule has 1 aromatic rings. The molecule has 0 saturated carbocycles. The highest BCUT2D eigenvalue weighted by molar-refractivity contribution is 5.76. The van der Waals surface area contributed by atoms with Crippen LogP contribution in [0.1, 0.15) is 17.7 Å². The lowest BCUT2D eigenvalue weighted by molar-refractivity contribution is -0.135. The number of hydrogen-bond donors (Lipinski definition) is 1. The van der Waals surface area contributed by atoms with Gasteiger partial charge >= 0.3 is 0 Å². The van der Waals surface area contributed by atoms with Crippen molar-refractivity contribution in [2.75, 3.05) is 40.3 Å². The number of piperidine rings is 1. The van der Waals surface area contributed by atoms with Gasteiger partial charge < -0.3 is 14.9 Å². The number of aliphatic hydroxyl groups excluding tert-OH is 1. The minimum absolute atomic E-state index is 0.0488. The average Bonchev–Trinajstić information content (AvgIpc) is 2.51. The molecule has 2 rings (SSSR count). The van der Waals surface area contributed by atoms with Crippen molar-refractivity contribution in [3.8, 4) is 0 Å². The molecule has 1 fully saturated rings. The minimum Gasteiger partial charge on any atom is -0.396 e. The molecule has 0 aromatic carbocycles. The summed E-state index contributed by atoms with van der Waals surface area (Å²) in [5, 5.41) is 13.7. The SMILES string of the molecule is Cc1cc(=O)n(CC(=O)N2C[C@@H](CO)C[C@@H](CN(C)C)C2)nc1C. The highest BCUT2D eigenvalue weighted by Gasteiger charge is 2.30. The highest BCUT2D eigenvalue weighted by atomic mass is 16.3. The van der Waals surface area contributed by atoms with Gasteiger partial charge in [-0.15, -0.1) is 0 Å². The zero-order chi connectivity index (χ0) is 17.9. The molecule has 1 amide bonds. The number of aryl methyl sites for hydroxylation is 2. The summed E-state index contributed by atoms with van der Waals surface area (Å²) in [7, 11) is 4.01. The van der Waals surface area contributed by atoms with E-state index in [0.29, 0.717) is 19.0 Å². The maximum atomic E-state index is 12.6. The van der Waals surface area contributed by atoms with Crippen LogP contribution in [0.15, 0.2) is 10.9 Å². The molecule has 0 aliphatic carbocycles. The number of hydrogen-bond acceptors (Lipinski definition) is 5. The van der Waals surface area contributed by atoms with Gasteiger partial charge in [0.25, 0.3) is 5.56 Å². The topological polar surface area (TPSA) is 78.7 Å². The van der Waals surface area contributed by atoms with Crippen molar-refractivity contribution < 1.29 is 9.90 Å². The molecule has 24 heavy (non-hydrogen) atoms. The smallest absolute Gasteiger partial charge is 0.267 e. The molecule has 7 heteroatoms. The molecule has 1 saturated heterocycles. The van der Waals surface area contributed by atoms with Gasteiger partial charge in [-0.1, -0.05) is 0 Å². The number of nitrogens with zero attached hydrogens (tertiary/aromatic N) is 4. The van der Waals surface area contributed by atoms with Crippen molar-refractivity contribution in [2.24, 2.45) is 11.8 Å². The molecule has 7 nitrogen and oxygen atoms in total. The van der Waals surface area contributed by atoms with Gasteiger partial charge in [0.15, 0.2) is 0 Å². The number of rotatable bonds is 5. The number of aliphatic hydroxyl groups is 1. The molecular formula is C17H28N4O3. The van der Waals surface area contributed by atoms with Crippen molar-refractivity contribution in [3.05, 3.63) is 27.7 Å². The summed E-state index contributed by atoms with van der Waals surface area (Å²) < 4.78 is 1.23. The Kier molecular flexibility index (Phi) is 6.12. The van der Waals surface area contributed by atoms with Crippen LogP contribution in [0.4, 0.5) is 0 Å². The summed E-state index contributed by atoms with van der Waals surface area (Å²) in [4.78, 5) is 28.5. The summed E-state index contributed by atoms with van der Waals surface area (Å²) in [6.07, 6.45) is 0.917. The molecule has 1 N–H and O–H groups in total. The van der Waals surface area contributed by atoms with E-state index >= 15 is 0 Å². The lowest BCUT2D eigenvalue weighted by Gasteiger charge is -2.38. The zero-order valence-electron chi connectivity index (χ0n) is 15.0. The summed E-state index contributed by atoms with van der Waals surface area (Å²) in [5.74, 6) is 0.311. The predicted molar refractivity (Wildman–Crippen MR) is 91.8 cm³/mol. The van der Waals surface area contributed by atoms with Crippen LogP contribution in [-0.4, -0.2) is 70.9 Å². The standard InChI is InChI=1S/C17H28N4O3/c1-12-5-16(23)21(18-13(12)2)10-17(24)20-8-14(7-19(3)4)6-15(9-20)11-22/h5,14-15,22H,6-11H2,1-4H3/t14-,15-/m0/s1. The monoisotopic (exact) mass is 336 g/mol. The van der Waals surface area contributed by atoms with E-state index in [1.54, 1.807) is 4.90 Å². The van der Waals surface area contributed by atoms with Gasteiger partial charge in [0, 0.05) is 32.3 Å². The second-order valence-electron chi connectivity index (χ2n) is 7.12. The number of amides is 1. The first-order valence-electron chi connectivity index (χ1n) is 8.39. The van der Waals surface area contributed by atoms with Crippen molar-refractivity contribution in [2.45, 2.75) is 26.8 Å². The summed E-state index contributed by atoms with van der Waals surface area (Å²) in [6.45, 7) is 5.76. The van der Waals surface area contributed by atoms with E-state index in [9.17, 15) is 14.7 Å². The van der Waals surface area contributed by atoms with Gasteiger partial charge in [0.2, 0.25) is 5.91 Å². The third kappa shape index (κ3) is 4.64. The van der Waals surface area contributed by atoms with Crippen LogP contribution < -0.4 is 5.56 Å². The molecule has 2 atom stereocenters. The molecule has 0 radical (unpaired) electrons. The van der Waals surface area contributed by atoms with Crippen molar-refractivity contribution >= 4 is 5.91 Å². The van der Waals surface area contributed by atoms with Gasteiger partial charge in [0.1, 0.15) is 6.54 Å². The predicted octanol–water partition coefficient (Wildman–Crippen LogP) is -0.121. The Morgan fingerprint density at radius 3 is 2.62 bits per heavy atom. The molecule has 0 unspecified atom stereocenters. The third-order valence-corrected chi connectivity index (χ3v) is 4.58. The fraction of sp³-hybridized carbons (Fsp3) is 0.706. The fourth-order valence-corrected chi connectivity index (χ4v) is 3.32. The normalized spacial score (nSPS) is 21.3. The van der Waals surface area contributed by atoms with Gasteiger partial charge in [-0.2, -0.15) is 5.10 Å². The number of aromatic nitrogens is 2. The van der Waals surface area contributed by atoms with Crippen LogP contribution in [0, 0.1) is 25.7 Å². The van der Waals surface area contributed by atoms with E-state index in [2.05, 4.69) is 10.00 Å². The molecule has 2 heterocycles. The zero-order valence-corrected chi connectivity index (χ0v) is 15.0. The van der Waals surface area contributed by atoms with E-state index in [4.69, 9.17) is 0 Å². The van der Waals surface area contributed by atoms with Crippen LogP contribution in [0.2, 0.25) is 0 Å². The quantitative estimate of drug-likeness (QED) is 0.811. The largest absolute Gasteiger partial charge is 0.396 e. The van der Waals surface area contributed by atoms with Crippen LogP contribution in [0.5, 0.6) is 0 Å². The minimum atomic E-state index is -0.257. The van der Waals surface area contributed by atoms with Crippen LogP contribution in [-0.2, 0) is 11.3 Å². The maximum Gasteiger partial charge on any atom is 0.267 e. The van der Waals surface area contributed by atoms with E-state index < -0.39 is 0 Å². The van der Waals surface area contributed by atoms with Crippen LogP contribution >= 0.6 is 0 Å². The van der Waals surface area contributed by atoms with Crippen LogP contribution in [0.3, 0.4) is 0 Å². The second kappa shape index (κ2) is 7.90. The average molecular weight is 336 g/mol. The number of likely N-dealkylation sites (tertiary alicyclic amines) is 1. The van der Waals surface area contributed by atoms with E-state index in [1.807, 2.05) is 27.9 Å². The second-order valence-corrected chi connectivity index (χ2v) is 7.12. The van der Waals surface area contributed by atoms with Gasteiger partial charge in [0.05, 0.1) is 5.69 Å². The van der Waals surface area contributed by atoms with Crippen molar-refractivity contribution in [1.82, 2.24) is 19.6 Å². The Bertz CT molecular complexity index is 641. The van der Waals surface area contributed by atoms with Crippen molar-refractivity contribution in [1.29, 1.82) is 0 Å². The van der Waals surface area contributed by atoms with E-state index in [1.165, 1.54) is 10.7 Å². The Labute approximate surface area is 142 Å². The highest BCUT2D eigenvalue weighted by Crippen LogP contribution is 2.22. The van der Waals surface area contributed by atoms with E-state index in [0.717, 1.165) is 24.2 Å². The summed E-state index contributed by atoms with van der Waals surface area (Å²) in [5.41, 5.74) is 1.32. The number of carbonyl (C=O) groups excluding carboxylic acids is 1. The third-order valence-electron chi connectivity index (χ3n) is 4.58. The maximum absolute atomic E-state index is 12.6. The lowest BCUT2D eigenvalue weighted by Crippen LogP contribution is -2.49. The first kappa shape index (κ1) is 18.6. The number of carbonyl (C=O) groups is 1. The Balaban J connectivity index is 2.10. The van der Waals surface area contributed by atoms with Gasteiger partial charge in [-0.25, -0.2) is 4.68 Å². The summed E-state index contributed by atoms with van der Waals surface area (Å²) in [6, 6.07) is 1.51. The van der Waals surface area contributed by atoms with Crippen LogP contribution in [0.25, 0.3) is 0 Å². The Morgan fingerprint density at radius 2 is 2.00 bits per heavy atom. The molecule has 1 aromatic heterocycles. The van der Waals surface area contributed by atoms with Gasteiger partial charge in [-0.05, 0) is 51.8 Å². The van der Waals surface area contributed by atoms with Gasteiger partial charge in [-0.3, -0.25) is 9.59 Å². The first-order valence-corrected chi connectivity index (χ1v) is 8.39. The lowest BCUT2D eigenvalue weighted by atomic mass is 9.89. The Hall–Kier alpha value is -1.73. The molecule has 0 spiro atoms. The first-order chi connectivity index (χ1) is 11.3. The summed E-state index contributed by atoms with van der Waals surface area (Å²) >= 11 is 0. The molecule has 0 bridgehead atoms. The fourth-order valence-electron chi connectivity index (χ4n) is 3.32. The molecular weight excluding hydrogens is 308 g/mol. The van der Waals surface area contributed by atoms with E-state index in [-0.39, 0.29) is 30.5 Å². The van der Waals surface area contributed by atoms with Crippen molar-refractivity contribution in [3.63, 3.8) is 0 Å². The Morgan fingerprint density at radius 1 is 1.33 bits per heavy atom. The molecule has 134 valence electrons.